The average Bonchev–Trinajstić information content (AvgIpc) is 2.69. The third-order valence-corrected chi connectivity index (χ3v) is 5.57. The molecule has 2 aromatic rings. The summed E-state index contributed by atoms with van der Waals surface area (Å²) in [6, 6.07) is 10.9. The van der Waals surface area contributed by atoms with E-state index in [0.717, 1.165) is 18.2 Å². The van der Waals surface area contributed by atoms with Crippen LogP contribution in [0.1, 0.15) is 11.1 Å². The van der Waals surface area contributed by atoms with Gasteiger partial charge in [0.25, 0.3) is 0 Å². The quantitative estimate of drug-likeness (QED) is 0.503. The zero-order chi connectivity index (χ0) is 22.6. The van der Waals surface area contributed by atoms with Crippen molar-refractivity contribution in [2.45, 2.75) is 11.3 Å². The topological polar surface area (TPSA) is 89.5 Å². The second-order valence-electron chi connectivity index (χ2n) is 6.91. The van der Waals surface area contributed by atoms with E-state index in [9.17, 15) is 27.9 Å². The molecule has 1 aliphatic rings. The average molecular weight is 453 g/mol. The van der Waals surface area contributed by atoms with Gasteiger partial charge in [-0.2, -0.15) is 10.5 Å². The van der Waals surface area contributed by atoms with E-state index in [0.29, 0.717) is 18.0 Å². The van der Waals surface area contributed by atoms with E-state index in [2.05, 4.69) is 4.74 Å². The van der Waals surface area contributed by atoms with Crippen molar-refractivity contribution in [3.8, 4) is 23.6 Å². The minimum atomic E-state index is -4.85. The van der Waals surface area contributed by atoms with Crippen LogP contribution in [0.5, 0.6) is 11.5 Å². The SMILES string of the molecule is N#Cc1ccc(OCC2(CO)CN(Sc3ccc(OC(F)(F)F)cc3C#N)C2)cc1F. The predicted molar refractivity (Wildman–Crippen MR) is 101 cm³/mol. The zero-order valence-corrected chi connectivity index (χ0v) is 16.6. The normalized spacial score (nSPS) is 15.5. The van der Waals surface area contributed by atoms with Gasteiger partial charge < -0.3 is 14.6 Å². The van der Waals surface area contributed by atoms with Crippen molar-refractivity contribution in [3.63, 3.8) is 0 Å². The lowest BCUT2D eigenvalue weighted by Gasteiger charge is -2.47. The van der Waals surface area contributed by atoms with Gasteiger partial charge in [-0.3, -0.25) is 0 Å². The molecule has 0 aromatic heterocycles. The molecule has 6 nitrogen and oxygen atoms in total. The second kappa shape index (κ2) is 9.02. The Hall–Kier alpha value is -2.99. The molecule has 0 amide bonds. The number of nitrogens with zero attached hydrogens (tertiary/aromatic N) is 3. The molecule has 0 spiro atoms. The van der Waals surface area contributed by atoms with Gasteiger partial charge in [0, 0.05) is 24.1 Å². The van der Waals surface area contributed by atoms with Crippen LogP contribution in [-0.4, -0.2) is 42.1 Å². The van der Waals surface area contributed by atoms with Crippen LogP contribution < -0.4 is 9.47 Å². The molecule has 162 valence electrons. The summed E-state index contributed by atoms with van der Waals surface area (Å²) in [4.78, 5) is 0.443. The molecular formula is C20H15F4N3O3S. The number of nitriles is 2. The first-order valence-corrected chi connectivity index (χ1v) is 9.60. The first-order chi connectivity index (χ1) is 14.7. The molecule has 3 rings (SSSR count). The molecule has 0 bridgehead atoms. The first kappa shape index (κ1) is 22.7. The maximum absolute atomic E-state index is 13.7. The maximum Gasteiger partial charge on any atom is 0.573 e. The molecule has 11 heteroatoms. The van der Waals surface area contributed by atoms with E-state index in [1.807, 2.05) is 10.4 Å². The Morgan fingerprint density at radius 2 is 1.74 bits per heavy atom. The molecule has 2 aromatic carbocycles. The van der Waals surface area contributed by atoms with Crippen LogP contribution in [0.2, 0.25) is 0 Å². The van der Waals surface area contributed by atoms with E-state index in [1.165, 1.54) is 30.1 Å². The van der Waals surface area contributed by atoms with Gasteiger partial charge >= 0.3 is 6.36 Å². The van der Waals surface area contributed by atoms with Crippen LogP contribution in [-0.2, 0) is 0 Å². The van der Waals surface area contributed by atoms with Crippen molar-refractivity contribution in [1.82, 2.24) is 4.31 Å². The summed E-state index contributed by atoms with van der Waals surface area (Å²) < 4.78 is 61.9. The maximum atomic E-state index is 13.7. The van der Waals surface area contributed by atoms with Gasteiger partial charge in [0.2, 0.25) is 0 Å². The smallest absolute Gasteiger partial charge is 0.493 e. The van der Waals surface area contributed by atoms with Gasteiger partial charge in [0.1, 0.15) is 29.5 Å². The highest BCUT2D eigenvalue weighted by molar-refractivity contribution is 7.97. The molecule has 1 heterocycles. The van der Waals surface area contributed by atoms with Crippen LogP contribution in [0.4, 0.5) is 17.6 Å². The number of hydrogen-bond donors (Lipinski definition) is 1. The highest BCUT2D eigenvalue weighted by atomic mass is 32.2. The third kappa shape index (κ3) is 5.58. The van der Waals surface area contributed by atoms with Crippen molar-refractivity contribution in [2.75, 3.05) is 26.3 Å². The third-order valence-electron chi connectivity index (χ3n) is 4.50. The standard InChI is InChI=1S/C20H15F4N3O3S/c21-17-6-15(2-1-13(17)7-25)29-12-19(11-28)9-27(10-19)31-18-4-3-16(5-14(18)8-26)30-20(22,23)24/h1-6,28H,9-12H2. The number of aliphatic hydroxyl groups is 1. The predicted octanol–water partition coefficient (Wildman–Crippen LogP) is 3.85. The van der Waals surface area contributed by atoms with Crippen molar-refractivity contribution in [3.05, 3.63) is 53.3 Å². The number of aliphatic hydroxyl groups excluding tert-OH is 1. The van der Waals surface area contributed by atoms with Gasteiger partial charge in [-0.25, -0.2) is 8.70 Å². The monoisotopic (exact) mass is 453 g/mol. The van der Waals surface area contributed by atoms with Crippen LogP contribution in [0.25, 0.3) is 0 Å². The molecular weight excluding hydrogens is 438 g/mol. The molecule has 1 aliphatic heterocycles. The Balaban J connectivity index is 1.59. The fraction of sp³-hybridized carbons (Fsp3) is 0.300. The van der Waals surface area contributed by atoms with Crippen molar-refractivity contribution >= 4 is 11.9 Å². The number of alkyl halides is 3. The summed E-state index contributed by atoms with van der Waals surface area (Å²) in [5.74, 6) is -0.960. The summed E-state index contributed by atoms with van der Waals surface area (Å²) in [5, 5.41) is 27.8. The van der Waals surface area contributed by atoms with Crippen LogP contribution in [0.15, 0.2) is 41.3 Å². The number of hydrogen-bond acceptors (Lipinski definition) is 7. The molecule has 1 N–H and O–H groups in total. The molecule has 1 fully saturated rings. The molecule has 1 saturated heterocycles. The Bertz CT molecular complexity index is 1040. The van der Waals surface area contributed by atoms with E-state index in [4.69, 9.17) is 10.00 Å². The van der Waals surface area contributed by atoms with E-state index in [1.54, 1.807) is 6.07 Å². The highest BCUT2D eigenvalue weighted by Gasteiger charge is 2.44. The lowest BCUT2D eigenvalue weighted by Crippen LogP contribution is -2.58. The zero-order valence-electron chi connectivity index (χ0n) is 15.8. The van der Waals surface area contributed by atoms with Gasteiger partial charge in [-0.05, 0) is 42.3 Å². The van der Waals surface area contributed by atoms with E-state index in [-0.39, 0.29) is 30.1 Å². The highest BCUT2D eigenvalue weighted by Crippen LogP contribution is 2.40. The van der Waals surface area contributed by atoms with Crippen molar-refractivity contribution in [2.24, 2.45) is 5.41 Å². The number of ether oxygens (including phenoxy) is 2. The summed E-state index contributed by atoms with van der Waals surface area (Å²) in [5.41, 5.74) is -0.697. The fourth-order valence-corrected chi connectivity index (χ4v) is 4.22. The van der Waals surface area contributed by atoms with E-state index < -0.39 is 23.3 Å². The molecule has 0 unspecified atom stereocenters. The number of rotatable bonds is 7. The Morgan fingerprint density at radius 1 is 1.06 bits per heavy atom. The van der Waals surface area contributed by atoms with Gasteiger partial charge in [0.05, 0.1) is 29.8 Å². The van der Waals surface area contributed by atoms with Gasteiger partial charge in [0.15, 0.2) is 0 Å². The van der Waals surface area contributed by atoms with E-state index >= 15 is 0 Å². The lowest BCUT2D eigenvalue weighted by molar-refractivity contribution is -0.274. The molecule has 0 atom stereocenters. The van der Waals surface area contributed by atoms with Gasteiger partial charge in [-0.1, -0.05) is 0 Å². The Labute approximate surface area is 179 Å². The molecule has 0 radical (unpaired) electrons. The molecule has 0 aliphatic carbocycles. The summed E-state index contributed by atoms with van der Waals surface area (Å²) in [7, 11) is 0. The summed E-state index contributed by atoms with van der Waals surface area (Å²) in [6.07, 6.45) is -4.85. The largest absolute Gasteiger partial charge is 0.573 e. The molecule has 31 heavy (non-hydrogen) atoms. The van der Waals surface area contributed by atoms with Crippen LogP contribution >= 0.6 is 11.9 Å². The van der Waals surface area contributed by atoms with Crippen molar-refractivity contribution in [1.29, 1.82) is 10.5 Å². The number of halogens is 4. The fourth-order valence-electron chi connectivity index (χ4n) is 2.93. The summed E-state index contributed by atoms with van der Waals surface area (Å²) >= 11 is 1.17. The van der Waals surface area contributed by atoms with Crippen LogP contribution in [0, 0.1) is 33.9 Å². The first-order valence-electron chi connectivity index (χ1n) is 8.83. The summed E-state index contributed by atoms with van der Waals surface area (Å²) in [6.45, 7) is 0.638. The second-order valence-corrected chi connectivity index (χ2v) is 8.05. The van der Waals surface area contributed by atoms with Crippen molar-refractivity contribution < 1.29 is 32.1 Å². The Kier molecular flexibility index (Phi) is 6.60. The van der Waals surface area contributed by atoms with Gasteiger partial charge in [-0.15, -0.1) is 13.2 Å². The Morgan fingerprint density at radius 3 is 2.32 bits per heavy atom. The lowest BCUT2D eigenvalue weighted by atomic mass is 9.83. The molecule has 0 saturated carbocycles. The minimum Gasteiger partial charge on any atom is -0.493 e. The minimum absolute atomic E-state index is 0.0255. The number of benzene rings is 2. The van der Waals surface area contributed by atoms with Crippen LogP contribution in [0.3, 0.4) is 0 Å².